The zero-order chi connectivity index (χ0) is 13.9. The summed E-state index contributed by atoms with van der Waals surface area (Å²) in [6, 6.07) is 7.79. The van der Waals surface area contributed by atoms with Crippen LogP contribution < -0.4 is 5.32 Å². The Morgan fingerprint density at radius 3 is 3.15 bits per heavy atom. The molecule has 0 radical (unpaired) electrons. The van der Waals surface area contributed by atoms with E-state index in [1.54, 1.807) is 4.90 Å². The molecule has 1 aromatic heterocycles. The molecule has 0 saturated carbocycles. The third-order valence-corrected chi connectivity index (χ3v) is 3.63. The van der Waals surface area contributed by atoms with E-state index >= 15 is 0 Å². The Balaban J connectivity index is 1.84. The van der Waals surface area contributed by atoms with Gasteiger partial charge in [0.15, 0.2) is 0 Å². The molecule has 20 heavy (non-hydrogen) atoms. The summed E-state index contributed by atoms with van der Waals surface area (Å²) in [7, 11) is 0. The second kappa shape index (κ2) is 5.32. The minimum atomic E-state index is -0.0694. The number of imidazole rings is 1. The van der Waals surface area contributed by atoms with E-state index in [-0.39, 0.29) is 18.5 Å². The number of amides is 2. The number of aromatic nitrogens is 2. The Kier molecular flexibility index (Phi) is 3.37. The Morgan fingerprint density at radius 2 is 2.35 bits per heavy atom. The fourth-order valence-corrected chi connectivity index (χ4v) is 2.71. The second-order valence-corrected chi connectivity index (χ2v) is 4.88. The number of fused-ring (bicyclic) bond motifs is 1. The molecule has 1 aliphatic rings. The first-order valence-electron chi connectivity index (χ1n) is 6.71. The SMILES string of the molecule is O=CNCC(=O)N1CCCC1c1nc2ccccc2[nH]1. The van der Waals surface area contributed by atoms with E-state index in [2.05, 4.69) is 15.3 Å². The van der Waals surface area contributed by atoms with Gasteiger partial charge >= 0.3 is 0 Å². The number of hydrogen-bond donors (Lipinski definition) is 2. The lowest BCUT2D eigenvalue weighted by molar-refractivity contribution is -0.132. The molecule has 0 spiro atoms. The van der Waals surface area contributed by atoms with Crippen molar-refractivity contribution in [3.8, 4) is 0 Å². The lowest BCUT2D eigenvalue weighted by atomic mass is 10.2. The minimum absolute atomic E-state index is 0.0247. The van der Waals surface area contributed by atoms with Crippen molar-refractivity contribution >= 4 is 23.4 Å². The maximum atomic E-state index is 12.1. The van der Waals surface area contributed by atoms with E-state index in [1.807, 2.05) is 24.3 Å². The van der Waals surface area contributed by atoms with Gasteiger partial charge in [-0.25, -0.2) is 4.98 Å². The quantitative estimate of drug-likeness (QED) is 0.814. The number of para-hydroxylation sites is 2. The highest BCUT2D eigenvalue weighted by Gasteiger charge is 2.31. The molecule has 1 aromatic carbocycles. The van der Waals surface area contributed by atoms with Crippen molar-refractivity contribution < 1.29 is 9.59 Å². The second-order valence-electron chi connectivity index (χ2n) is 4.88. The van der Waals surface area contributed by atoms with Gasteiger partial charge in [0, 0.05) is 6.54 Å². The minimum Gasteiger partial charge on any atom is -0.350 e. The van der Waals surface area contributed by atoms with E-state index in [9.17, 15) is 9.59 Å². The predicted octanol–water partition coefficient (Wildman–Crippen LogP) is 0.972. The standard InChI is InChI=1S/C14H16N4O2/c19-9-15-8-13(20)18-7-3-6-12(18)14-16-10-4-1-2-5-11(10)17-14/h1-2,4-5,9,12H,3,6-8H2,(H,15,19)(H,16,17). The van der Waals surface area contributed by atoms with Gasteiger partial charge in [0.2, 0.25) is 12.3 Å². The lowest BCUT2D eigenvalue weighted by Crippen LogP contribution is -2.37. The third kappa shape index (κ3) is 2.24. The Morgan fingerprint density at radius 1 is 1.50 bits per heavy atom. The summed E-state index contributed by atoms with van der Waals surface area (Å²) in [4.78, 5) is 32.0. The molecule has 0 bridgehead atoms. The fourth-order valence-electron chi connectivity index (χ4n) is 2.71. The molecular weight excluding hydrogens is 256 g/mol. The number of likely N-dealkylation sites (tertiary alicyclic amines) is 1. The molecule has 2 amide bonds. The first-order valence-corrected chi connectivity index (χ1v) is 6.71. The number of nitrogens with zero attached hydrogens (tertiary/aromatic N) is 2. The third-order valence-electron chi connectivity index (χ3n) is 3.63. The molecule has 6 heteroatoms. The van der Waals surface area contributed by atoms with E-state index in [4.69, 9.17) is 0 Å². The van der Waals surface area contributed by atoms with Crippen LogP contribution in [0.25, 0.3) is 11.0 Å². The Bertz CT molecular complexity index is 604. The molecule has 1 saturated heterocycles. The molecule has 1 unspecified atom stereocenters. The van der Waals surface area contributed by atoms with Crippen LogP contribution >= 0.6 is 0 Å². The molecule has 1 atom stereocenters. The zero-order valence-electron chi connectivity index (χ0n) is 11.0. The van der Waals surface area contributed by atoms with Crippen LogP contribution in [0.5, 0.6) is 0 Å². The summed E-state index contributed by atoms with van der Waals surface area (Å²) in [6.07, 6.45) is 2.39. The first-order chi connectivity index (χ1) is 9.79. The summed E-state index contributed by atoms with van der Waals surface area (Å²) < 4.78 is 0. The van der Waals surface area contributed by atoms with Crippen LogP contribution in [0.2, 0.25) is 0 Å². The fraction of sp³-hybridized carbons (Fsp3) is 0.357. The largest absolute Gasteiger partial charge is 0.350 e. The summed E-state index contributed by atoms with van der Waals surface area (Å²) in [6.45, 7) is 0.751. The van der Waals surface area contributed by atoms with Crippen LogP contribution in [0, 0.1) is 0 Å². The molecular formula is C14H16N4O2. The highest BCUT2D eigenvalue weighted by molar-refractivity contribution is 5.81. The summed E-state index contributed by atoms with van der Waals surface area (Å²) in [5.41, 5.74) is 1.89. The van der Waals surface area contributed by atoms with Crippen molar-refractivity contribution in [2.75, 3.05) is 13.1 Å². The summed E-state index contributed by atoms with van der Waals surface area (Å²) in [5, 5.41) is 2.42. The van der Waals surface area contributed by atoms with Gasteiger partial charge in [0.25, 0.3) is 0 Å². The van der Waals surface area contributed by atoms with Gasteiger partial charge in [-0.05, 0) is 25.0 Å². The number of H-pyrrole nitrogens is 1. The number of benzene rings is 1. The maximum absolute atomic E-state index is 12.1. The lowest BCUT2D eigenvalue weighted by Gasteiger charge is -2.22. The van der Waals surface area contributed by atoms with E-state index in [1.165, 1.54) is 0 Å². The van der Waals surface area contributed by atoms with Crippen LogP contribution in [0.1, 0.15) is 24.7 Å². The van der Waals surface area contributed by atoms with Crippen molar-refractivity contribution in [2.24, 2.45) is 0 Å². The zero-order valence-corrected chi connectivity index (χ0v) is 11.0. The molecule has 2 aromatic rings. The Hall–Kier alpha value is -2.37. The number of rotatable bonds is 4. The highest BCUT2D eigenvalue weighted by atomic mass is 16.2. The number of hydrogen-bond acceptors (Lipinski definition) is 3. The number of aromatic amines is 1. The van der Waals surface area contributed by atoms with Crippen molar-refractivity contribution in [1.82, 2.24) is 20.2 Å². The van der Waals surface area contributed by atoms with Crippen LogP contribution in [-0.2, 0) is 9.59 Å². The van der Waals surface area contributed by atoms with Crippen molar-refractivity contribution in [2.45, 2.75) is 18.9 Å². The van der Waals surface area contributed by atoms with Gasteiger partial charge in [-0.15, -0.1) is 0 Å². The van der Waals surface area contributed by atoms with Gasteiger partial charge in [0.1, 0.15) is 5.82 Å². The van der Waals surface area contributed by atoms with E-state index < -0.39 is 0 Å². The Labute approximate surface area is 116 Å². The molecule has 1 aliphatic heterocycles. The van der Waals surface area contributed by atoms with Gasteiger partial charge in [0.05, 0.1) is 23.6 Å². The molecule has 104 valence electrons. The van der Waals surface area contributed by atoms with Gasteiger partial charge in [-0.1, -0.05) is 12.1 Å². The molecule has 3 rings (SSSR count). The van der Waals surface area contributed by atoms with E-state index in [0.717, 1.165) is 29.7 Å². The van der Waals surface area contributed by atoms with Crippen LogP contribution in [0.15, 0.2) is 24.3 Å². The van der Waals surface area contributed by atoms with Gasteiger partial charge in [-0.3, -0.25) is 9.59 Å². The summed E-state index contributed by atoms with van der Waals surface area (Å²) in [5.74, 6) is 0.753. The normalized spacial score (nSPS) is 18.4. The van der Waals surface area contributed by atoms with Crippen LogP contribution in [0.3, 0.4) is 0 Å². The van der Waals surface area contributed by atoms with Gasteiger partial charge in [-0.2, -0.15) is 0 Å². The number of carbonyl (C=O) groups is 2. The van der Waals surface area contributed by atoms with Gasteiger partial charge < -0.3 is 15.2 Å². The molecule has 2 heterocycles. The predicted molar refractivity (Wildman–Crippen MR) is 73.8 cm³/mol. The molecule has 2 N–H and O–H groups in total. The first kappa shape index (κ1) is 12.7. The maximum Gasteiger partial charge on any atom is 0.242 e. The average molecular weight is 272 g/mol. The van der Waals surface area contributed by atoms with Crippen LogP contribution in [0.4, 0.5) is 0 Å². The van der Waals surface area contributed by atoms with Crippen LogP contribution in [-0.4, -0.2) is 40.3 Å². The monoisotopic (exact) mass is 272 g/mol. The van der Waals surface area contributed by atoms with Crippen molar-refractivity contribution in [3.05, 3.63) is 30.1 Å². The summed E-state index contributed by atoms with van der Waals surface area (Å²) >= 11 is 0. The molecule has 0 aliphatic carbocycles. The number of carbonyl (C=O) groups excluding carboxylic acids is 2. The topological polar surface area (TPSA) is 78.1 Å². The molecule has 1 fully saturated rings. The molecule has 6 nitrogen and oxygen atoms in total. The average Bonchev–Trinajstić information content (AvgIpc) is 3.09. The van der Waals surface area contributed by atoms with Crippen molar-refractivity contribution in [1.29, 1.82) is 0 Å². The number of nitrogens with one attached hydrogen (secondary N) is 2. The van der Waals surface area contributed by atoms with E-state index in [0.29, 0.717) is 13.0 Å². The highest BCUT2D eigenvalue weighted by Crippen LogP contribution is 2.31. The van der Waals surface area contributed by atoms with Crippen molar-refractivity contribution in [3.63, 3.8) is 0 Å². The smallest absolute Gasteiger partial charge is 0.242 e.